The lowest BCUT2D eigenvalue weighted by Gasteiger charge is -2.43. The van der Waals surface area contributed by atoms with Gasteiger partial charge in [-0.1, -0.05) is 23.5 Å². The van der Waals surface area contributed by atoms with Crippen molar-refractivity contribution in [1.29, 1.82) is 0 Å². The number of halogens is 1. The van der Waals surface area contributed by atoms with E-state index in [9.17, 15) is 23.6 Å². The molecule has 8 rings (SSSR count). The van der Waals surface area contributed by atoms with Crippen LogP contribution in [-0.4, -0.2) is 65.9 Å². The van der Waals surface area contributed by atoms with Crippen molar-refractivity contribution in [3.63, 3.8) is 0 Å². The standard InChI is InChI=1S/C32H30FN3O6S2/c1-41-19-8-2-16(3-9-19)23-24-20-14-21(26-25(20)29(38)36(30(26)39)18-6-4-17(33)5-7-18)27(24)43-31-28(23)44-32(40)35(31)15-22(37)34-10-12-42-13-11-34/h2-9,20-21,23-27H,10-15H2,1H3. The second kappa shape index (κ2) is 10.6. The van der Waals surface area contributed by atoms with Crippen LogP contribution >= 0.6 is 23.1 Å². The summed E-state index contributed by atoms with van der Waals surface area (Å²) in [4.78, 5) is 58.4. The van der Waals surface area contributed by atoms with E-state index in [1.165, 1.54) is 40.5 Å². The Labute approximate surface area is 260 Å². The quantitative estimate of drug-likeness (QED) is 0.396. The largest absolute Gasteiger partial charge is 0.497 e. The molecule has 44 heavy (non-hydrogen) atoms. The molecule has 2 aromatic carbocycles. The minimum absolute atomic E-state index is 0.00971. The molecule has 9 nitrogen and oxygen atoms in total. The number of thiazole rings is 1. The summed E-state index contributed by atoms with van der Waals surface area (Å²) in [5.74, 6) is -1.43. The summed E-state index contributed by atoms with van der Waals surface area (Å²) in [5.41, 5.74) is 1.42. The van der Waals surface area contributed by atoms with E-state index < -0.39 is 17.7 Å². The van der Waals surface area contributed by atoms with Gasteiger partial charge in [-0.2, -0.15) is 0 Å². The van der Waals surface area contributed by atoms with Crippen LogP contribution in [-0.2, 0) is 25.7 Å². The number of carbonyl (C=O) groups excluding carboxylic acids is 3. The molecule has 7 unspecified atom stereocenters. The average molecular weight is 636 g/mol. The summed E-state index contributed by atoms with van der Waals surface area (Å²) in [6, 6.07) is 13.4. The van der Waals surface area contributed by atoms with Gasteiger partial charge in [-0.25, -0.2) is 4.39 Å². The van der Waals surface area contributed by atoms with Gasteiger partial charge in [-0.15, -0.1) is 11.8 Å². The number of anilines is 1. The highest BCUT2D eigenvalue weighted by Crippen LogP contribution is 2.69. The molecular formula is C32H30FN3O6S2. The van der Waals surface area contributed by atoms with E-state index >= 15 is 0 Å². The number of amides is 3. The smallest absolute Gasteiger partial charge is 0.308 e. The first-order valence-electron chi connectivity index (χ1n) is 14.9. The van der Waals surface area contributed by atoms with Crippen LogP contribution in [0.25, 0.3) is 0 Å². The molecule has 4 fully saturated rings. The van der Waals surface area contributed by atoms with Crippen molar-refractivity contribution in [2.75, 3.05) is 38.3 Å². The zero-order valence-electron chi connectivity index (χ0n) is 23.9. The molecule has 2 saturated heterocycles. The number of ether oxygens (including phenoxy) is 2. The molecule has 228 valence electrons. The van der Waals surface area contributed by atoms with Crippen LogP contribution in [0.5, 0.6) is 5.75 Å². The molecule has 12 heteroatoms. The van der Waals surface area contributed by atoms with Crippen molar-refractivity contribution >= 4 is 46.5 Å². The molecule has 0 radical (unpaired) electrons. The molecule has 2 bridgehead atoms. The third-order valence-corrected chi connectivity index (χ3v) is 13.0. The molecule has 3 aliphatic heterocycles. The molecule has 3 aromatic rings. The number of carbonyl (C=O) groups is 3. The lowest BCUT2D eigenvalue weighted by molar-refractivity contribution is -0.136. The van der Waals surface area contributed by atoms with Crippen LogP contribution in [0.3, 0.4) is 0 Å². The van der Waals surface area contributed by atoms with Crippen LogP contribution in [0, 0.1) is 35.4 Å². The molecule has 2 aliphatic carbocycles. The van der Waals surface area contributed by atoms with Crippen LogP contribution < -0.4 is 14.5 Å². The predicted octanol–water partition coefficient (Wildman–Crippen LogP) is 3.59. The SMILES string of the molecule is COc1ccc(C2c3sc(=O)n(CC(=O)N4CCOCC4)c3SC3C4CC(C5C(=O)N(c6ccc(F)cc6)C(=O)C45)C23)cc1. The molecule has 4 heterocycles. The van der Waals surface area contributed by atoms with Gasteiger partial charge in [-0.05, 0) is 66.1 Å². The van der Waals surface area contributed by atoms with Gasteiger partial charge in [0.2, 0.25) is 17.7 Å². The van der Waals surface area contributed by atoms with Crippen molar-refractivity contribution in [3.8, 4) is 5.75 Å². The number of morpholine rings is 1. The molecule has 5 aliphatic rings. The number of rotatable bonds is 5. The zero-order chi connectivity index (χ0) is 30.3. The van der Waals surface area contributed by atoms with Gasteiger partial charge < -0.3 is 14.4 Å². The van der Waals surface area contributed by atoms with Gasteiger partial charge in [0.25, 0.3) is 0 Å². The Hall–Kier alpha value is -3.48. The fraction of sp³-hybridized carbons (Fsp3) is 0.438. The second-order valence-corrected chi connectivity index (χ2v) is 14.3. The van der Waals surface area contributed by atoms with E-state index in [1.54, 1.807) is 28.3 Å². The highest BCUT2D eigenvalue weighted by atomic mass is 32.2. The van der Waals surface area contributed by atoms with Gasteiger partial charge in [0.15, 0.2) is 0 Å². The maximum absolute atomic E-state index is 13.9. The van der Waals surface area contributed by atoms with Gasteiger partial charge in [-0.3, -0.25) is 28.6 Å². The predicted molar refractivity (Wildman–Crippen MR) is 161 cm³/mol. The van der Waals surface area contributed by atoms with Crippen molar-refractivity contribution in [1.82, 2.24) is 9.47 Å². The maximum atomic E-state index is 13.9. The minimum Gasteiger partial charge on any atom is -0.497 e. The summed E-state index contributed by atoms with van der Waals surface area (Å²) >= 11 is 2.79. The maximum Gasteiger partial charge on any atom is 0.308 e. The summed E-state index contributed by atoms with van der Waals surface area (Å²) in [6.07, 6.45) is 0.755. The number of fused-ring (bicyclic) bond motifs is 9. The molecule has 0 spiro atoms. The molecule has 0 N–H and O–H groups in total. The van der Waals surface area contributed by atoms with Gasteiger partial charge >= 0.3 is 4.87 Å². The van der Waals surface area contributed by atoms with E-state index in [1.807, 2.05) is 24.3 Å². The number of methoxy groups -OCH3 is 1. The number of hydrogen-bond acceptors (Lipinski definition) is 8. The third-order valence-electron chi connectivity index (χ3n) is 10.2. The fourth-order valence-corrected chi connectivity index (χ4v) is 11.5. The molecule has 7 atom stereocenters. The van der Waals surface area contributed by atoms with Gasteiger partial charge in [0, 0.05) is 29.1 Å². The van der Waals surface area contributed by atoms with Crippen LogP contribution in [0.2, 0.25) is 0 Å². The molecular weight excluding hydrogens is 605 g/mol. The highest BCUT2D eigenvalue weighted by Gasteiger charge is 2.69. The van der Waals surface area contributed by atoms with Crippen molar-refractivity contribution in [3.05, 3.63) is 74.5 Å². The Balaban J connectivity index is 1.19. The third kappa shape index (κ3) is 4.13. The van der Waals surface area contributed by atoms with E-state index in [0.717, 1.165) is 27.6 Å². The number of nitrogens with zero attached hydrogens (tertiary/aromatic N) is 3. The van der Waals surface area contributed by atoms with Crippen LogP contribution in [0.1, 0.15) is 22.8 Å². The normalized spacial score (nSPS) is 30.4. The van der Waals surface area contributed by atoms with Crippen molar-refractivity contribution < 1.29 is 28.2 Å². The summed E-state index contributed by atoms with van der Waals surface area (Å²) in [6.45, 7) is 1.92. The average Bonchev–Trinajstić information content (AvgIpc) is 3.77. The summed E-state index contributed by atoms with van der Waals surface area (Å²) < 4.78 is 26.1. The van der Waals surface area contributed by atoms with Gasteiger partial charge in [0.05, 0.1) is 42.9 Å². The molecule has 2 saturated carbocycles. The topological polar surface area (TPSA) is 98.2 Å². The van der Waals surface area contributed by atoms with E-state index in [-0.39, 0.29) is 58.1 Å². The number of imide groups is 1. The van der Waals surface area contributed by atoms with E-state index in [4.69, 9.17) is 9.47 Å². The van der Waals surface area contributed by atoms with E-state index in [2.05, 4.69) is 0 Å². The fourth-order valence-electron chi connectivity index (χ4n) is 8.33. The summed E-state index contributed by atoms with van der Waals surface area (Å²) in [5, 5.41) is 0.782. The molecule has 1 aromatic heterocycles. The Morgan fingerprint density at radius 3 is 2.34 bits per heavy atom. The molecule has 3 amide bonds. The Morgan fingerprint density at radius 2 is 1.66 bits per heavy atom. The number of thioether (sulfide) groups is 1. The second-order valence-electron chi connectivity index (χ2n) is 12.1. The summed E-state index contributed by atoms with van der Waals surface area (Å²) in [7, 11) is 1.61. The minimum atomic E-state index is -0.460. The first-order valence-corrected chi connectivity index (χ1v) is 16.6. The van der Waals surface area contributed by atoms with Crippen molar-refractivity contribution in [2.24, 2.45) is 29.6 Å². The number of hydrogen-bond donors (Lipinski definition) is 0. The lowest BCUT2D eigenvalue weighted by atomic mass is 9.68. The van der Waals surface area contributed by atoms with E-state index in [0.29, 0.717) is 32.0 Å². The lowest BCUT2D eigenvalue weighted by Crippen LogP contribution is -2.44. The van der Waals surface area contributed by atoms with Crippen LogP contribution in [0.15, 0.2) is 58.4 Å². The number of aromatic nitrogens is 1. The van der Waals surface area contributed by atoms with Crippen LogP contribution in [0.4, 0.5) is 10.1 Å². The first-order chi connectivity index (χ1) is 21.4. The first kappa shape index (κ1) is 28.0. The monoisotopic (exact) mass is 635 g/mol. The Bertz CT molecular complexity index is 1720. The highest BCUT2D eigenvalue weighted by molar-refractivity contribution is 8.00. The Morgan fingerprint density at radius 1 is 0.977 bits per heavy atom. The van der Waals surface area contributed by atoms with Gasteiger partial charge in [0.1, 0.15) is 18.1 Å². The number of benzene rings is 2. The van der Waals surface area contributed by atoms with Crippen molar-refractivity contribution in [2.45, 2.75) is 29.2 Å². The Kier molecular flexibility index (Phi) is 6.73. The zero-order valence-corrected chi connectivity index (χ0v) is 25.5.